The SMILES string of the molecule is OC[C@@H]1C[C@@H](CO)c2nc(-c3ccccc3)ncc21. The molecule has 1 aliphatic carbocycles. The monoisotopic (exact) mass is 256 g/mol. The summed E-state index contributed by atoms with van der Waals surface area (Å²) >= 11 is 0. The van der Waals surface area contributed by atoms with Gasteiger partial charge in [0.05, 0.1) is 18.9 Å². The van der Waals surface area contributed by atoms with Crippen LogP contribution in [0.2, 0.25) is 0 Å². The van der Waals surface area contributed by atoms with Crippen molar-refractivity contribution >= 4 is 0 Å². The van der Waals surface area contributed by atoms with Crippen molar-refractivity contribution in [2.75, 3.05) is 13.2 Å². The van der Waals surface area contributed by atoms with Crippen LogP contribution in [-0.2, 0) is 0 Å². The molecule has 2 atom stereocenters. The Labute approximate surface area is 111 Å². The van der Waals surface area contributed by atoms with Crippen LogP contribution in [-0.4, -0.2) is 33.4 Å². The summed E-state index contributed by atoms with van der Waals surface area (Å²) in [4.78, 5) is 8.98. The van der Waals surface area contributed by atoms with Crippen molar-refractivity contribution in [2.45, 2.75) is 18.3 Å². The molecule has 0 bridgehead atoms. The predicted molar refractivity (Wildman–Crippen MR) is 71.7 cm³/mol. The maximum atomic E-state index is 9.45. The van der Waals surface area contributed by atoms with Gasteiger partial charge < -0.3 is 10.2 Å². The first-order chi connectivity index (χ1) is 9.33. The lowest BCUT2D eigenvalue weighted by Crippen LogP contribution is -2.03. The number of rotatable bonds is 3. The van der Waals surface area contributed by atoms with Crippen LogP contribution in [0, 0.1) is 0 Å². The Morgan fingerprint density at radius 2 is 1.79 bits per heavy atom. The van der Waals surface area contributed by atoms with Gasteiger partial charge in [0.2, 0.25) is 0 Å². The second kappa shape index (κ2) is 5.07. The van der Waals surface area contributed by atoms with Gasteiger partial charge in [-0.1, -0.05) is 30.3 Å². The highest BCUT2D eigenvalue weighted by molar-refractivity contribution is 5.55. The van der Waals surface area contributed by atoms with Crippen LogP contribution in [0.15, 0.2) is 36.5 Å². The molecule has 2 aromatic rings. The van der Waals surface area contributed by atoms with Gasteiger partial charge in [-0.25, -0.2) is 9.97 Å². The highest BCUT2D eigenvalue weighted by atomic mass is 16.3. The van der Waals surface area contributed by atoms with E-state index in [0.29, 0.717) is 5.82 Å². The van der Waals surface area contributed by atoms with Crippen LogP contribution in [0.1, 0.15) is 29.5 Å². The largest absolute Gasteiger partial charge is 0.396 e. The van der Waals surface area contributed by atoms with Crippen LogP contribution < -0.4 is 0 Å². The zero-order chi connectivity index (χ0) is 13.2. The van der Waals surface area contributed by atoms with E-state index in [1.807, 2.05) is 30.3 Å². The fourth-order valence-electron chi connectivity index (χ4n) is 2.69. The van der Waals surface area contributed by atoms with Gasteiger partial charge in [-0.2, -0.15) is 0 Å². The molecular formula is C15H16N2O2. The summed E-state index contributed by atoms with van der Waals surface area (Å²) in [5.41, 5.74) is 2.83. The molecule has 4 nitrogen and oxygen atoms in total. The molecule has 0 saturated heterocycles. The second-order valence-corrected chi connectivity index (χ2v) is 4.89. The van der Waals surface area contributed by atoms with Gasteiger partial charge >= 0.3 is 0 Å². The fraction of sp³-hybridized carbons (Fsp3) is 0.333. The van der Waals surface area contributed by atoms with Gasteiger partial charge in [-0.05, 0) is 12.0 Å². The van der Waals surface area contributed by atoms with Crippen LogP contribution in [0.25, 0.3) is 11.4 Å². The number of hydrogen-bond donors (Lipinski definition) is 2. The van der Waals surface area contributed by atoms with E-state index in [4.69, 9.17) is 0 Å². The van der Waals surface area contributed by atoms with Gasteiger partial charge in [-0.15, -0.1) is 0 Å². The average molecular weight is 256 g/mol. The van der Waals surface area contributed by atoms with Gasteiger partial charge in [-0.3, -0.25) is 0 Å². The lowest BCUT2D eigenvalue weighted by molar-refractivity contribution is 0.233. The van der Waals surface area contributed by atoms with E-state index in [1.165, 1.54) is 0 Å². The molecule has 1 aliphatic rings. The fourth-order valence-corrected chi connectivity index (χ4v) is 2.69. The normalized spacial score (nSPS) is 21.4. The van der Waals surface area contributed by atoms with Crippen LogP contribution in [0.3, 0.4) is 0 Å². The van der Waals surface area contributed by atoms with E-state index in [0.717, 1.165) is 23.2 Å². The summed E-state index contributed by atoms with van der Waals surface area (Å²) < 4.78 is 0. The Balaban J connectivity index is 2.04. The van der Waals surface area contributed by atoms with E-state index in [-0.39, 0.29) is 25.0 Å². The molecule has 0 saturated carbocycles. The Bertz CT molecular complexity index is 572. The molecule has 0 radical (unpaired) electrons. The molecule has 2 N–H and O–H groups in total. The van der Waals surface area contributed by atoms with Crippen molar-refractivity contribution in [3.8, 4) is 11.4 Å². The molecule has 0 amide bonds. The smallest absolute Gasteiger partial charge is 0.159 e. The first-order valence-electron chi connectivity index (χ1n) is 6.47. The van der Waals surface area contributed by atoms with E-state index in [9.17, 15) is 10.2 Å². The third-order valence-electron chi connectivity index (χ3n) is 3.72. The Kier molecular flexibility index (Phi) is 3.27. The maximum absolute atomic E-state index is 9.45. The van der Waals surface area contributed by atoms with Crippen molar-refractivity contribution in [1.29, 1.82) is 0 Å². The third-order valence-corrected chi connectivity index (χ3v) is 3.72. The molecule has 19 heavy (non-hydrogen) atoms. The number of aromatic nitrogens is 2. The minimum absolute atomic E-state index is 0.0117. The highest BCUT2D eigenvalue weighted by Crippen LogP contribution is 2.40. The topological polar surface area (TPSA) is 66.2 Å². The van der Waals surface area contributed by atoms with Crippen molar-refractivity contribution in [3.05, 3.63) is 47.8 Å². The summed E-state index contributed by atoms with van der Waals surface area (Å²) in [6, 6.07) is 9.79. The standard InChI is InChI=1S/C15H16N2O2/c18-8-11-6-12(9-19)14-13(11)7-16-15(17-14)10-4-2-1-3-5-10/h1-5,7,11-12,18-19H,6,8-9H2/t11-,12-/m0/s1. The van der Waals surface area contributed by atoms with Crippen LogP contribution >= 0.6 is 0 Å². The number of nitrogens with zero attached hydrogens (tertiary/aromatic N) is 2. The molecule has 4 heteroatoms. The number of aliphatic hydroxyl groups is 2. The molecular weight excluding hydrogens is 240 g/mol. The summed E-state index contributed by atoms with van der Waals surface area (Å²) in [6.07, 6.45) is 2.54. The number of fused-ring (bicyclic) bond motifs is 1. The van der Waals surface area contributed by atoms with E-state index in [1.54, 1.807) is 6.20 Å². The Morgan fingerprint density at radius 3 is 2.47 bits per heavy atom. The van der Waals surface area contributed by atoms with Crippen molar-refractivity contribution in [2.24, 2.45) is 0 Å². The summed E-state index contributed by atoms with van der Waals surface area (Å²) in [5.74, 6) is 0.742. The van der Waals surface area contributed by atoms with Crippen LogP contribution in [0.4, 0.5) is 0 Å². The molecule has 1 aromatic carbocycles. The number of hydrogen-bond acceptors (Lipinski definition) is 4. The van der Waals surface area contributed by atoms with E-state index < -0.39 is 0 Å². The third kappa shape index (κ3) is 2.13. The maximum Gasteiger partial charge on any atom is 0.159 e. The van der Waals surface area contributed by atoms with Crippen molar-refractivity contribution < 1.29 is 10.2 Å². The van der Waals surface area contributed by atoms with Gasteiger partial charge in [0.1, 0.15) is 0 Å². The van der Waals surface area contributed by atoms with Crippen molar-refractivity contribution in [1.82, 2.24) is 9.97 Å². The van der Waals surface area contributed by atoms with Gasteiger partial charge in [0.15, 0.2) is 5.82 Å². The van der Waals surface area contributed by atoms with Gasteiger partial charge in [0, 0.05) is 23.6 Å². The minimum Gasteiger partial charge on any atom is -0.396 e. The summed E-state index contributed by atoms with van der Waals surface area (Å²) in [7, 11) is 0. The lowest BCUT2D eigenvalue weighted by atomic mass is 10.0. The second-order valence-electron chi connectivity index (χ2n) is 4.89. The average Bonchev–Trinajstić information content (AvgIpc) is 2.85. The van der Waals surface area contributed by atoms with E-state index in [2.05, 4.69) is 9.97 Å². The quantitative estimate of drug-likeness (QED) is 0.877. The zero-order valence-electron chi connectivity index (χ0n) is 10.5. The van der Waals surface area contributed by atoms with E-state index >= 15 is 0 Å². The Morgan fingerprint density at radius 1 is 1.05 bits per heavy atom. The highest BCUT2D eigenvalue weighted by Gasteiger charge is 2.32. The molecule has 0 fully saturated rings. The molecule has 0 spiro atoms. The lowest BCUT2D eigenvalue weighted by Gasteiger charge is -2.08. The summed E-state index contributed by atoms with van der Waals surface area (Å²) in [5, 5.41) is 18.8. The van der Waals surface area contributed by atoms with Crippen molar-refractivity contribution in [3.63, 3.8) is 0 Å². The zero-order valence-corrected chi connectivity index (χ0v) is 10.5. The Hall–Kier alpha value is -1.78. The summed E-state index contributed by atoms with van der Waals surface area (Å²) in [6.45, 7) is 0.145. The predicted octanol–water partition coefficient (Wildman–Crippen LogP) is 1.70. The minimum atomic E-state index is 0.0117. The molecule has 3 rings (SSSR count). The molecule has 1 heterocycles. The first-order valence-corrected chi connectivity index (χ1v) is 6.47. The van der Waals surface area contributed by atoms with Crippen LogP contribution in [0.5, 0.6) is 0 Å². The number of benzene rings is 1. The molecule has 98 valence electrons. The molecule has 1 aromatic heterocycles. The molecule has 0 unspecified atom stereocenters. The molecule has 0 aliphatic heterocycles. The van der Waals surface area contributed by atoms with Gasteiger partial charge in [0.25, 0.3) is 0 Å². The first kappa shape index (κ1) is 12.3. The number of aliphatic hydroxyl groups excluding tert-OH is 2.